The lowest BCUT2D eigenvalue weighted by atomic mass is 9.74. The lowest BCUT2D eigenvalue weighted by Gasteiger charge is -2.21. The number of hydrogen-bond donors (Lipinski definition) is 2. The number of hydrogen-bond acceptors (Lipinski definition) is 6. The predicted molar refractivity (Wildman–Crippen MR) is 124 cm³/mol. The van der Waals surface area contributed by atoms with Crippen LogP contribution in [0.1, 0.15) is 59.7 Å². The van der Waals surface area contributed by atoms with Crippen LogP contribution in [0.15, 0.2) is 36.4 Å². The van der Waals surface area contributed by atoms with Crippen LogP contribution in [0, 0.1) is 12.7 Å². The Morgan fingerprint density at radius 2 is 1.91 bits per heavy atom. The first-order valence-corrected chi connectivity index (χ1v) is 11.6. The van der Waals surface area contributed by atoms with E-state index in [1.807, 2.05) is 13.0 Å². The summed E-state index contributed by atoms with van der Waals surface area (Å²) in [6, 6.07) is 7.79. The number of halogens is 1. The van der Waals surface area contributed by atoms with Crippen LogP contribution in [0.5, 0.6) is 0 Å². The fourth-order valence-electron chi connectivity index (χ4n) is 4.46. The highest BCUT2D eigenvalue weighted by molar-refractivity contribution is 6.63. The second-order valence-corrected chi connectivity index (χ2v) is 8.92. The Bertz CT molecular complexity index is 1040. The first-order chi connectivity index (χ1) is 16.3. The molecular formula is C25H29BFNO6. The van der Waals surface area contributed by atoms with Gasteiger partial charge in [0.25, 0.3) is 5.91 Å². The first-order valence-electron chi connectivity index (χ1n) is 11.6. The van der Waals surface area contributed by atoms with Gasteiger partial charge in [-0.1, -0.05) is 31.0 Å². The lowest BCUT2D eigenvalue weighted by molar-refractivity contribution is -0.150. The normalized spacial score (nSPS) is 17.4. The summed E-state index contributed by atoms with van der Waals surface area (Å²) in [4.78, 5) is 25.7. The van der Waals surface area contributed by atoms with Crippen molar-refractivity contribution < 1.29 is 33.1 Å². The van der Waals surface area contributed by atoms with E-state index in [0.29, 0.717) is 17.7 Å². The van der Waals surface area contributed by atoms with Crippen molar-refractivity contribution in [1.82, 2.24) is 5.32 Å². The number of carbonyl (C=O) groups excluding carboxylic acids is 2. The minimum atomic E-state index is -1.26. The van der Waals surface area contributed by atoms with Gasteiger partial charge in [0.1, 0.15) is 12.4 Å². The Kier molecular flexibility index (Phi) is 7.65. The van der Waals surface area contributed by atoms with Crippen LogP contribution < -0.4 is 10.8 Å². The van der Waals surface area contributed by atoms with Crippen LogP contribution >= 0.6 is 0 Å². The van der Waals surface area contributed by atoms with Gasteiger partial charge in [-0.15, -0.1) is 0 Å². The van der Waals surface area contributed by atoms with Gasteiger partial charge in [0, 0.05) is 11.7 Å². The maximum atomic E-state index is 13.1. The van der Waals surface area contributed by atoms with Crippen LogP contribution in [0.4, 0.5) is 4.39 Å². The van der Waals surface area contributed by atoms with E-state index in [1.54, 1.807) is 6.07 Å². The van der Waals surface area contributed by atoms with Crippen molar-refractivity contribution in [2.45, 2.75) is 71.0 Å². The van der Waals surface area contributed by atoms with Crippen LogP contribution in [0.2, 0.25) is 0 Å². The molecule has 1 saturated carbocycles. The summed E-state index contributed by atoms with van der Waals surface area (Å²) in [7, 11) is -0.515. The Morgan fingerprint density at radius 1 is 1.21 bits per heavy atom. The molecule has 0 spiro atoms. The molecule has 1 heterocycles. The van der Waals surface area contributed by atoms with Gasteiger partial charge in [0.15, 0.2) is 6.04 Å². The molecule has 1 aliphatic carbocycles. The number of fused-ring (bicyclic) bond motifs is 1. The molecule has 1 fully saturated rings. The number of nitrogens with one attached hydrogen (secondary N) is 1. The highest BCUT2D eigenvalue weighted by Crippen LogP contribution is 2.25. The molecule has 0 saturated heterocycles. The van der Waals surface area contributed by atoms with Crippen LogP contribution in [-0.4, -0.2) is 42.4 Å². The van der Waals surface area contributed by atoms with Gasteiger partial charge in [0.2, 0.25) is 0 Å². The third-order valence-corrected chi connectivity index (χ3v) is 6.41. The average Bonchev–Trinajstić information content (AvgIpc) is 3.47. The molecule has 180 valence electrons. The summed E-state index contributed by atoms with van der Waals surface area (Å²) in [5, 5.41) is 12.7. The van der Waals surface area contributed by atoms with Crippen molar-refractivity contribution in [3.05, 3.63) is 64.5 Å². The van der Waals surface area contributed by atoms with E-state index in [2.05, 4.69) is 5.32 Å². The molecular weight excluding hydrogens is 440 g/mol. The van der Waals surface area contributed by atoms with Gasteiger partial charge >= 0.3 is 13.1 Å². The van der Waals surface area contributed by atoms with E-state index in [1.165, 1.54) is 31.2 Å². The van der Waals surface area contributed by atoms with Crippen molar-refractivity contribution in [3.63, 3.8) is 0 Å². The number of amides is 1. The number of benzene rings is 2. The number of esters is 1. The predicted octanol–water partition coefficient (Wildman–Crippen LogP) is 2.54. The Morgan fingerprint density at radius 3 is 2.59 bits per heavy atom. The van der Waals surface area contributed by atoms with E-state index < -0.39 is 37.0 Å². The smallest absolute Gasteiger partial charge is 0.459 e. The average molecular weight is 469 g/mol. The molecule has 2 atom stereocenters. The summed E-state index contributed by atoms with van der Waals surface area (Å²) in [6.07, 6.45) is 3.27. The Balaban J connectivity index is 1.44. The summed E-state index contributed by atoms with van der Waals surface area (Å²) >= 11 is 0. The Labute approximate surface area is 198 Å². The van der Waals surface area contributed by atoms with Crippen molar-refractivity contribution in [1.29, 1.82) is 0 Å². The van der Waals surface area contributed by atoms with Crippen molar-refractivity contribution in [3.8, 4) is 0 Å². The molecule has 2 aliphatic rings. The van der Waals surface area contributed by atoms with Crippen LogP contribution in [0.3, 0.4) is 0 Å². The Hall–Kier alpha value is -2.75. The molecule has 34 heavy (non-hydrogen) atoms. The second kappa shape index (κ2) is 10.7. The van der Waals surface area contributed by atoms with E-state index in [9.17, 15) is 19.1 Å². The largest absolute Gasteiger partial charge is 0.494 e. The minimum Gasteiger partial charge on any atom is -0.459 e. The highest BCUT2D eigenvalue weighted by atomic mass is 19.1. The molecule has 2 N–H and O–H groups in total. The summed E-state index contributed by atoms with van der Waals surface area (Å²) < 4.78 is 30.3. The van der Waals surface area contributed by atoms with Gasteiger partial charge in [-0.2, -0.15) is 0 Å². The quantitative estimate of drug-likeness (QED) is 0.456. The van der Waals surface area contributed by atoms with E-state index in [-0.39, 0.29) is 12.7 Å². The zero-order chi connectivity index (χ0) is 24.2. The van der Waals surface area contributed by atoms with Gasteiger partial charge in [-0.05, 0) is 67.0 Å². The lowest BCUT2D eigenvalue weighted by Crippen LogP contribution is -2.49. The van der Waals surface area contributed by atoms with Crippen LogP contribution in [-0.2, 0) is 32.1 Å². The summed E-state index contributed by atoms with van der Waals surface area (Å²) in [5.41, 5.74) is 3.52. The molecule has 2 aromatic rings. The molecule has 9 heteroatoms. The molecule has 0 radical (unpaired) electrons. The monoisotopic (exact) mass is 469 g/mol. The summed E-state index contributed by atoms with van der Waals surface area (Å²) in [5.74, 6) is -1.68. The maximum absolute atomic E-state index is 13.1. The molecule has 0 bridgehead atoms. The first kappa shape index (κ1) is 24.4. The zero-order valence-corrected chi connectivity index (χ0v) is 19.4. The van der Waals surface area contributed by atoms with Crippen LogP contribution in [0.25, 0.3) is 0 Å². The second-order valence-electron chi connectivity index (χ2n) is 8.92. The van der Waals surface area contributed by atoms with Gasteiger partial charge in [-0.25, -0.2) is 9.18 Å². The SMILES string of the molecule is Cc1c(C(=O)N[C@H](C(=O)OCc2ccc(F)cc2)[C@@H](C)O)ccc2c1B(OC1CCCC1)OC2. The zero-order valence-electron chi connectivity index (χ0n) is 19.4. The fourth-order valence-corrected chi connectivity index (χ4v) is 4.46. The van der Waals surface area contributed by atoms with Gasteiger partial charge < -0.3 is 24.5 Å². The van der Waals surface area contributed by atoms with E-state index in [0.717, 1.165) is 42.3 Å². The van der Waals surface area contributed by atoms with Crippen molar-refractivity contribution in [2.75, 3.05) is 0 Å². The number of ether oxygens (including phenoxy) is 1. The highest BCUT2D eigenvalue weighted by Gasteiger charge is 2.37. The molecule has 7 nitrogen and oxygen atoms in total. The number of rotatable bonds is 8. The molecule has 1 aliphatic heterocycles. The molecule has 1 amide bonds. The molecule has 2 aromatic carbocycles. The van der Waals surface area contributed by atoms with E-state index in [4.69, 9.17) is 14.0 Å². The van der Waals surface area contributed by atoms with Crippen molar-refractivity contribution >= 4 is 24.5 Å². The molecule has 0 unspecified atom stereocenters. The molecule has 4 rings (SSSR count). The van der Waals surface area contributed by atoms with Gasteiger partial charge in [-0.3, -0.25) is 4.79 Å². The number of carbonyl (C=O) groups is 2. The third kappa shape index (κ3) is 5.48. The molecule has 0 aromatic heterocycles. The fraction of sp³-hybridized carbons (Fsp3) is 0.440. The number of aliphatic hydroxyl groups is 1. The number of aliphatic hydroxyl groups excluding tert-OH is 1. The van der Waals surface area contributed by atoms with Gasteiger partial charge in [0.05, 0.1) is 12.7 Å². The minimum absolute atomic E-state index is 0.104. The van der Waals surface area contributed by atoms with Crippen molar-refractivity contribution in [2.24, 2.45) is 0 Å². The standard InChI is InChI=1S/C25H29BFNO6/c1-15-21(12-9-18-14-33-26(22(15)18)34-20-5-3-4-6-20)24(30)28-23(16(2)29)25(31)32-13-17-7-10-19(27)11-8-17/h7-12,16,20,23,29H,3-6,13-14H2,1-2H3,(H,28,30)/t16-,23+/m1/s1. The summed E-state index contributed by atoms with van der Waals surface area (Å²) in [6.45, 7) is 3.55. The van der Waals surface area contributed by atoms with E-state index >= 15 is 0 Å². The third-order valence-electron chi connectivity index (χ3n) is 6.41. The topological polar surface area (TPSA) is 94.1 Å². The maximum Gasteiger partial charge on any atom is 0.494 e.